The highest BCUT2D eigenvalue weighted by atomic mass is 35.5. The Morgan fingerprint density at radius 1 is 1.37 bits per heavy atom. The van der Waals surface area contributed by atoms with Gasteiger partial charge in [-0.25, -0.2) is 4.98 Å². The molecule has 1 N–H and O–H groups in total. The lowest BCUT2D eigenvalue weighted by atomic mass is 10.2. The molecule has 2 aromatic rings. The summed E-state index contributed by atoms with van der Waals surface area (Å²) in [5, 5.41) is 10.1. The summed E-state index contributed by atoms with van der Waals surface area (Å²) in [5.74, 6) is -0.565. The Bertz CT molecular complexity index is 643. The number of rotatable bonds is 4. The van der Waals surface area contributed by atoms with Crippen LogP contribution in [0.3, 0.4) is 0 Å². The van der Waals surface area contributed by atoms with Gasteiger partial charge in [-0.05, 0) is 25.1 Å². The van der Waals surface area contributed by atoms with Crippen LogP contribution < -0.4 is 4.74 Å². The van der Waals surface area contributed by atoms with E-state index in [0.717, 1.165) is 11.1 Å². The fourth-order valence-electron chi connectivity index (χ4n) is 1.67. The number of hydrogen-bond donors (Lipinski definition) is 1. The van der Waals surface area contributed by atoms with Crippen LogP contribution in [0.15, 0.2) is 18.2 Å². The zero-order valence-electron chi connectivity index (χ0n) is 10.1. The molecule has 100 valence electrons. The Hall–Kier alpha value is -1.52. The topological polar surface area (TPSA) is 59.4 Å². The van der Waals surface area contributed by atoms with E-state index >= 15 is 0 Å². The van der Waals surface area contributed by atoms with Gasteiger partial charge >= 0.3 is 5.97 Å². The Morgan fingerprint density at radius 3 is 2.79 bits per heavy atom. The van der Waals surface area contributed by atoms with Crippen molar-refractivity contribution in [1.29, 1.82) is 0 Å². The fourth-order valence-corrected chi connectivity index (χ4v) is 2.24. The van der Waals surface area contributed by atoms with Crippen molar-refractivity contribution in [2.75, 3.05) is 6.61 Å². The third-order valence-corrected chi connectivity index (χ3v) is 3.13. The molecule has 1 heterocycles. The summed E-state index contributed by atoms with van der Waals surface area (Å²) in [4.78, 5) is 14.9. The van der Waals surface area contributed by atoms with Crippen molar-refractivity contribution in [2.24, 2.45) is 0 Å². The van der Waals surface area contributed by atoms with Crippen LogP contribution in [-0.2, 0) is 4.79 Å². The smallest absolute Gasteiger partial charge is 0.306 e. The first-order valence-corrected chi connectivity index (χ1v) is 6.34. The average molecular weight is 300 g/mol. The molecule has 0 saturated heterocycles. The first-order valence-electron chi connectivity index (χ1n) is 5.59. The molecule has 1 aromatic carbocycles. The van der Waals surface area contributed by atoms with E-state index in [-0.39, 0.29) is 13.0 Å². The molecule has 0 bridgehead atoms. The maximum absolute atomic E-state index is 10.5. The van der Waals surface area contributed by atoms with E-state index in [1.54, 1.807) is 6.07 Å². The lowest BCUT2D eigenvalue weighted by molar-refractivity contribution is -0.137. The van der Waals surface area contributed by atoms with Gasteiger partial charge in [0.25, 0.3) is 0 Å². The molecule has 6 heteroatoms. The van der Waals surface area contributed by atoms with Crippen molar-refractivity contribution in [1.82, 2.24) is 4.98 Å². The normalized spacial score (nSPS) is 10.7. The van der Waals surface area contributed by atoms with Crippen LogP contribution in [0.25, 0.3) is 10.9 Å². The minimum Gasteiger partial charge on any atom is -0.489 e. The van der Waals surface area contributed by atoms with E-state index in [2.05, 4.69) is 4.98 Å². The highest BCUT2D eigenvalue weighted by Gasteiger charge is 2.13. The van der Waals surface area contributed by atoms with Crippen molar-refractivity contribution in [3.8, 4) is 5.75 Å². The number of benzene rings is 1. The molecule has 0 amide bonds. The van der Waals surface area contributed by atoms with Crippen molar-refractivity contribution in [3.05, 3.63) is 33.9 Å². The monoisotopic (exact) mass is 299 g/mol. The minimum atomic E-state index is -0.932. The van der Waals surface area contributed by atoms with Gasteiger partial charge in [0, 0.05) is 11.1 Å². The lowest BCUT2D eigenvalue weighted by Crippen LogP contribution is -2.06. The number of aromatic nitrogens is 1. The van der Waals surface area contributed by atoms with Crippen LogP contribution in [0.5, 0.6) is 5.75 Å². The van der Waals surface area contributed by atoms with Gasteiger partial charge in [0.2, 0.25) is 0 Å². The molecule has 2 rings (SSSR count). The molecule has 0 aliphatic rings. The van der Waals surface area contributed by atoms with Crippen LogP contribution in [0, 0.1) is 6.92 Å². The number of ether oxygens (including phenoxy) is 1. The zero-order chi connectivity index (χ0) is 14.0. The van der Waals surface area contributed by atoms with Crippen LogP contribution >= 0.6 is 23.2 Å². The molecule has 0 unspecified atom stereocenters. The van der Waals surface area contributed by atoms with Gasteiger partial charge in [-0.15, -0.1) is 0 Å². The predicted octanol–water partition coefficient (Wildman–Crippen LogP) is 3.70. The standard InChI is InChI=1S/C13H11Cl2NO3/c1-7-2-3-8-9(14)6-10(15)13(12(8)16-7)19-5-4-11(17)18/h2-3,6H,4-5H2,1H3,(H,17,18). The Labute approximate surface area is 119 Å². The van der Waals surface area contributed by atoms with E-state index in [1.165, 1.54) is 0 Å². The maximum Gasteiger partial charge on any atom is 0.306 e. The molecule has 1 aromatic heterocycles. The number of carboxylic acid groups (broad SMARTS) is 1. The number of aryl methyl sites for hydroxylation is 1. The quantitative estimate of drug-likeness (QED) is 0.935. The van der Waals surface area contributed by atoms with Crippen LogP contribution in [0.4, 0.5) is 0 Å². The zero-order valence-corrected chi connectivity index (χ0v) is 11.6. The number of carbonyl (C=O) groups is 1. The summed E-state index contributed by atoms with van der Waals surface area (Å²) < 4.78 is 5.44. The highest BCUT2D eigenvalue weighted by molar-refractivity contribution is 6.39. The Kier molecular flexibility index (Phi) is 4.12. The van der Waals surface area contributed by atoms with Gasteiger partial charge < -0.3 is 9.84 Å². The second kappa shape index (κ2) is 5.63. The van der Waals surface area contributed by atoms with E-state index in [9.17, 15) is 4.79 Å². The molecule has 0 saturated carbocycles. The Balaban J connectivity index is 2.46. The second-order valence-electron chi connectivity index (χ2n) is 4.01. The molecule has 19 heavy (non-hydrogen) atoms. The molecule has 0 spiro atoms. The molecule has 0 radical (unpaired) electrons. The average Bonchev–Trinajstić information content (AvgIpc) is 2.32. The molecule has 0 aliphatic carbocycles. The lowest BCUT2D eigenvalue weighted by Gasteiger charge is -2.11. The Morgan fingerprint density at radius 2 is 2.11 bits per heavy atom. The van der Waals surface area contributed by atoms with E-state index in [4.69, 9.17) is 33.0 Å². The van der Waals surface area contributed by atoms with Crippen LogP contribution in [0.1, 0.15) is 12.1 Å². The third kappa shape index (κ3) is 3.08. The highest BCUT2D eigenvalue weighted by Crippen LogP contribution is 2.37. The number of carboxylic acids is 1. The molecule has 0 aliphatic heterocycles. The van der Waals surface area contributed by atoms with Gasteiger partial charge in [-0.2, -0.15) is 0 Å². The first kappa shape index (κ1) is 13.9. The summed E-state index contributed by atoms with van der Waals surface area (Å²) in [7, 11) is 0. The van der Waals surface area contributed by atoms with Crippen LogP contribution in [0.2, 0.25) is 10.0 Å². The number of nitrogens with zero attached hydrogens (tertiary/aromatic N) is 1. The summed E-state index contributed by atoms with van der Waals surface area (Å²) in [6, 6.07) is 5.24. The third-order valence-electron chi connectivity index (χ3n) is 2.54. The molecule has 4 nitrogen and oxygen atoms in total. The van der Waals surface area contributed by atoms with Gasteiger partial charge in [0.1, 0.15) is 5.52 Å². The van der Waals surface area contributed by atoms with Crippen molar-refractivity contribution in [2.45, 2.75) is 13.3 Å². The molecule has 0 atom stereocenters. The van der Waals surface area contributed by atoms with Gasteiger partial charge in [-0.3, -0.25) is 4.79 Å². The first-order chi connectivity index (χ1) is 8.99. The summed E-state index contributed by atoms with van der Waals surface area (Å²) in [6.07, 6.45) is -0.105. The van der Waals surface area contributed by atoms with Gasteiger partial charge in [-0.1, -0.05) is 23.2 Å². The summed E-state index contributed by atoms with van der Waals surface area (Å²) >= 11 is 12.2. The summed E-state index contributed by atoms with van der Waals surface area (Å²) in [6.45, 7) is 1.87. The summed E-state index contributed by atoms with van der Waals surface area (Å²) in [5.41, 5.74) is 1.34. The van der Waals surface area contributed by atoms with E-state index in [0.29, 0.717) is 21.3 Å². The van der Waals surface area contributed by atoms with Crippen LogP contribution in [-0.4, -0.2) is 22.7 Å². The fraction of sp³-hybridized carbons (Fsp3) is 0.231. The number of halogens is 2. The van der Waals surface area contributed by atoms with Gasteiger partial charge in [0.15, 0.2) is 5.75 Å². The largest absolute Gasteiger partial charge is 0.489 e. The van der Waals surface area contributed by atoms with Crippen molar-refractivity contribution in [3.63, 3.8) is 0 Å². The minimum absolute atomic E-state index is 0.0292. The number of fused-ring (bicyclic) bond motifs is 1. The predicted molar refractivity (Wildman–Crippen MR) is 74.2 cm³/mol. The second-order valence-corrected chi connectivity index (χ2v) is 4.82. The van der Waals surface area contributed by atoms with Crippen molar-refractivity contribution >= 4 is 40.1 Å². The molecular weight excluding hydrogens is 289 g/mol. The number of pyridine rings is 1. The molecule has 0 fully saturated rings. The van der Waals surface area contributed by atoms with Gasteiger partial charge in [0.05, 0.1) is 23.1 Å². The van der Waals surface area contributed by atoms with E-state index in [1.807, 2.05) is 19.1 Å². The number of hydrogen-bond acceptors (Lipinski definition) is 3. The van der Waals surface area contributed by atoms with E-state index < -0.39 is 5.97 Å². The maximum atomic E-state index is 10.5. The molecular formula is C13H11Cl2NO3. The number of aliphatic carboxylic acids is 1. The SMILES string of the molecule is Cc1ccc2c(Cl)cc(Cl)c(OCCC(=O)O)c2n1. The van der Waals surface area contributed by atoms with Crippen molar-refractivity contribution < 1.29 is 14.6 Å².